The molecular formula is C21H33NO4. The van der Waals surface area contributed by atoms with Crippen LogP contribution in [0.25, 0.3) is 0 Å². The summed E-state index contributed by atoms with van der Waals surface area (Å²) in [4.78, 5) is 15.2. The molecule has 8 unspecified atom stereocenters. The molecule has 0 amide bonds. The van der Waals surface area contributed by atoms with Gasteiger partial charge in [0.05, 0.1) is 30.3 Å². The van der Waals surface area contributed by atoms with Crippen molar-refractivity contribution in [3.8, 4) is 0 Å². The molecule has 146 valence electrons. The van der Waals surface area contributed by atoms with Crippen molar-refractivity contribution >= 4 is 5.97 Å². The second kappa shape index (κ2) is 5.92. The Bertz CT molecular complexity index is 581. The molecule has 0 aromatic carbocycles. The average Bonchev–Trinajstić information content (AvgIpc) is 3.25. The van der Waals surface area contributed by atoms with Crippen LogP contribution in [0.3, 0.4) is 0 Å². The Balaban J connectivity index is 1.34. The van der Waals surface area contributed by atoms with Gasteiger partial charge in [-0.2, -0.15) is 0 Å². The minimum Gasteiger partial charge on any atom is -0.462 e. The minimum atomic E-state index is 0.0276. The van der Waals surface area contributed by atoms with Crippen molar-refractivity contribution in [1.29, 1.82) is 0 Å². The van der Waals surface area contributed by atoms with Gasteiger partial charge >= 0.3 is 5.97 Å². The summed E-state index contributed by atoms with van der Waals surface area (Å²) >= 11 is 0. The van der Waals surface area contributed by atoms with Crippen molar-refractivity contribution in [2.24, 2.45) is 23.2 Å². The van der Waals surface area contributed by atoms with Gasteiger partial charge in [0.2, 0.25) is 0 Å². The number of carbonyl (C=O) groups excluding carboxylic acids is 1. The molecule has 26 heavy (non-hydrogen) atoms. The quantitative estimate of drug-likeness (QED) is 0.558. The van der Waals surface area contributed by atoms with E-state index in [-0.39, 0.29) is 41.2 Å². The summed E-state index contributed by atoms with van der Waals surface area (Å²) in [6.45, 7) is 10.3. The number of fused-ring (bicyclic) bond motifs is 3. The van der Waals surface area contributed by atoms with Crippen LogP contribution in [0.4, 0.5) is 0 Å². The van der Waals surface area contributed by atoms with Crippen LogP contribution in [0.15, 0.2) is 0 Å². The Morgan fingerprint density at radius 2 is 1.92 bits per heavy atom. The molecule has 5 nitrogen and oxygen atoms in total. The minimum absolute atomic E-state index is 0.0276. The first-order valence-electron chi connectivity index (χ1n) is 10.6. The van der Waals surface area contributed by atoms with Crippen molar-refractivity contribution in [2.75, 3.05) is 26.2 Å². The highest BCUT2D eigenvalue weighted by atomic mass is 16.6. The number of hydrogen-bond donors (Lipinski definition) is 0. The van der Waals surface area contributed by atoms with Gasteiger partial charge in [0.25, 0.3) is 0 Å². The van der Waals surface area contributed by atoms with Gasteiger partial charge < -0.3 is 14.2 Å². The zero-order valence-corrected chi connectivity index (χ0v) is 16.4. The van der Waals surface area contributed by atoms with E-state index in [0.29, 0.717) is 11.8 Å². The molecule has 0 N–H and O–H groups in total. The lowest BCUT2D eigenvalue weighted by molar-refractivity contribution is -0.147. The van der Waals surface area contributed by atoms with Crippen molar-refractivity contribution < 1.29 is 19.0 Å². The van der Waals surface area contributed by atoms with Gasteiger partial charge in [-0.3, -0.25) is 9.69 Å². The first kappa shape index (κ1) is 17.4. The van der Waals surface area contributed by atoms with Crippen molar-refractivity contribution in [1.82, 2.24) is 4.90 Å². The van der Waals surface area contributed by atoms with E-state index in [1.54, 1.807) is 0 Å². The molecule has 3 aliphatic heterocycles. The molecule has 5 aliphatic rings. The number of ether oxygens (including phenoxy) is 3. The van der Waals surface area contributed by atoms with Gasteiger partial charge in [0, 0.05) is 25.6 Å². The number of hydrogen-bond acceptors (Lipinski definition) is 5. The van der Waals surface area contributed by atoms with Crippen LogP contribution in [-0.2, 0) is 19.0 Å². The predicted molar refractivity (Wildman–Crippen MR) is 96.7 cm³/mol. The van der Waals surface area contributed by atoms with Crippen LogP contribution in [0, 0.1) is 23.2 Å². The molecule has 8 atom stereocenters. The Labute approximate surface area is 156 Å². The lowest BCUT2D eigenvalue weighted by atomic mass is 9.53. The van der Waals surface area contributed by atoms with E-state index in [9.17, 15) is 4.79 Å². The number of rotatable bonds is 2. The summed E-state index contributed by atoms with van der Waals surface area (Å²) in [6.07, 6.45) is 6.46. The van der Waals surface area contributed by atoms with Crippen LogP contribution < -0.4 is 0 Å². The van der Waals surface area contributed by atoms with Gasteiger partial charge in [-0.05, 0) is 57.3 Å². The first-order valence-corrected chi connectivity index (χ1v) is 10.6. The van der Waals surface area contributed by atoms with E-state index in [1.165, 1.54) is 19.3 Å². The summed E-state index contributed by atoms with van der Waals surface area (Å²) in [5.74, 6) is 1.04. The topological polar surface area (TPSA) is 51.3 Å². The zero-order chi connectivity index (χ0) is 18.1. The molecule has 0 aromatic heterocycles. The van der Waals surface area contributed by atoms with Crippen LogP contribution in [0.5, 0.6) is 0 Å². The standard InChI is InChI=1S/C21H33NO4/c1-13-9-22(10-14(2)25-13)11-16-15-7-18-20(3,8-17(15)26-19(16)23)5-4-6-21(18)12-24-21/h13-18H,4-12H2,1-3H3. The fourth-order valence-electron chi connectivity index (χ4n) is 6.88. The summed E-state index contributed by atoms with van der Waals surface area (Å²) in [5, 5.41) is 0. The van der Waals surface area contributed by atoms with Crippen molar-refractivity contribution in [3.63, 3.8) is 0 Å². The molecule has 0 aromatic rings. The molecule has 0 radical (unpaired) electrons. The molecule has 5 fully saturated rings. The highest BCUT2D eigenvalue weighted by Crippen LogP contribution is 2.62. The summed E-state index contributed by atoms with van der Waals surface area (Å²) in [6, 6.07) is 0. The monoisotopic (exact) mass is 363 g/mol. The number of morpholine rings is 1. The molecule has 2 aliphatic carbocycles. The summed E-state index contributed by atoms with van der Waals surface area (Å²) in [5.41, 5.74) is 0.420. The van der Waals surface area contributed by atoms with Crippen molar-refractivity contribution in [3.05, 3.63) is 0 Å². The third-order valence-electron chi connectivity index (χ3n) is 8.03. The predicted octanol–water partition coefficient (Wildman–Crippen LogP) is 2.62. The van der Waals surface area contributed by atoms with Crippen LogP contribution in [0.1, 0.15) is 52.9 Å². The number of nitrogens with zero attached hydrogens (tertiary/aromatic N) is 1. The van der Waals surface area contributed by atoms with Gasteiger partial charge in [-0.1, -0.05) is 6.92 Å². The lowest BCUT2D eigenvalue weighted by Crippen LogP contribution is -2.52. The SMILES string of the molecule is CC1CN(CC2C(=O)OC3CC4(C)CCCC5(CO5)C4CC32)CC(C)O1. The number of esters is 1. The maximum absolute atomic E-state index is 12.8. The van der Waals surface area contributed by atoms with E-state index in [1.807, 2.05) is 0 Å². The molecule has 0 bridgehead atoms. The first-order chi connectivity index (χ1) is 12.4. The van der Waals surface area contributed by atoms with E-state index >= 15 is 0 Å². The fraction of sp³-hybridized carbons (Fsp3) is 0.952. The second-order valence-electron chi connectivity index (χ2n) is 10.1. The zero-order valence-electron chi connectivity index (χ0n) is 16.4. The van der Waals surface area contributed by atoms with E-state index in [0.717, 1.165) is 39.1 Å². The summed E-state index contributed by atoms with van der Waals surface area (Å²) < 4.78 is 17.8. The molecule has 3 saturated heterocycles. The van der Waals surface area contributed by atoms with E-state index in [2.05, 4.69) is 25.7 Å². The normalized spacial score (nSPS) is 53.9. The highest BCUT2D eigenvalue weighted by Gasteiger charge is 2.65. The molecule has 5 rings (SSSR count). The second-order valence-corrected chi connectivity index (χ2v) is 10.1. The maximum atomic E-state index is 12.8. The molecule has 5 heteroatoms. The third-order valence-corrected chi connectivity index (χ3v) is 8.03. The smallest absolute Gasteiger partial charge is 0.310 e. The number of carbonyl (C=O) groups is 1. The van der Waals surface area contributed by atoms with Gasteiger partial charge in [0.15, 0.2) is 0 Å². The van der Waals surface area contributed by atoms with Gasteiger partial charge in [-0.15, -0.1) is 0 Å². The Kier molecular flexibility index (Phi) is 3.97. The molecular weight excluding hydrogens is 330 g/mol. The highest BCUT2D eigenvalue weighted by molar-refractivity contribution is 5.75. The Morgan fingerprint density at radius 1 is 1.19 bits per heavy atom. The third kappa shape index (κ3) is 2.73. The molecule has 2 saturated carbocycles. The molecule has 3 heterocycles. The average molecular weight is 363 g/mol. The van der Waals surface area contributed by atoms with Crippen LogP contribution in [-0.4, -0.2) is 61.0 Å². The Morgan fingerprint density at radius 3 is 2.62 bits per heavy atom. The largest absolute Gasteiger partial charge is 0.462 e. The van der Waals surface area contributed by atoms with Crippen LogP contribution in [0.2, 0.25) is 0 Å². The molecule has 1 spiro atoms. The van der Waals surface area contributed by atoms with Gasteiger partial charge in [-0.25, -0.2) is 0 Å². The van der Waals surface area contributed by atoms with Gasteiger partial charge in [0.1, 0.15) is 6.10 Å². The van der Waals surface area contributed by atoms with Crippen molar-refractivity contribution in [2.45, 2.75) is 76.8 Å². The maximum Gasteiger partial charge on any atom is 0.310 e. The number of epoxide rings is 1. The van der Waals surface area contributed by atoms with Crippen LogP contribution >= 0.6 is 0 Å². The lowest BCUT2D eigenvalue weighted by Gasteiger charge is -2.51. The van der Waals surface area contributed by atoms with E-state index in [4.69, 9.17) is 14.2 Å². The van der Waals surface area contributed by atoms with E-state index < -0.39 is 0 Å². The Hall–Kier alpha value is -0.650. The summed E-state index contributed by atoms with van der Waals surface area (Å²) in [7, 11) is 0. The fourth-order valence-corrected chi connectivity index (χ4v) is 6.88.